The first-order valence-electron chi connectivity index (χ1n) is 9.38. The van der Waals surface area contributed by atoms with Crippen molar-refractivity contribution in [2.45, 2.75) is 26.4 Å². The molecule has 11 heteroatoms. The second-order valence-corrected chi connectivity index (χ2v) is 6.91. The lowest BCUT2D eigenvalue weighted by Crippen LogP contribution is -2.15. The molecular weight excluding hydrogens is 428 g/mol. The zero-order valence-corrected chi connectivity index (χ0v) is 17.3. The number of carbonyl (C=O) groups is 1. The molecule has 1 N–H and O–H groups in total. The Morgan fingerprint density at radius 1 is 1.19 bits per heavy atom. The van der Waals surface area contributed by atoms with E-state index in [0.29, 0.717) is 17.1 Å². The van der Waals surface area contributed by atoms with Gasteiger partial charge in [-0.15, -0.1) is 0 Å². The van der Waals surface area contributed by atoms with Crippen LogP contribution in [-0.2, 0) is 0 Å². The number of oxazole rings is 1. The van der Waals surface area contributed by atoms with Crippen LogP contribution in [0.2, 0.25) is 0 Å². The first-order chi connectivity index (χ1) is 15.2. The van der Waals surface area contributed by atoms with E-state index in [1.54, 1.807) is 30.5 Å². The molecule has 32 heavy (non-hydrogen) atoms. The number of aromatic nitrogens is 1. The molecule has 9 nitrogen and oxygen atoms in total. The van der Waals surface area contributed by atoms with E-state index in [-0.39, 0.29) is 17.2 Å². The molecule has 0 bridgehead atoms. The number of nitrogens with one attached hydrogen (secondary N) is 1. The Balaban J connectivity index is 1.85. The minimum Gasteiger partial charge on any atom is -0.493 e. The molecule has 0 atom stereocenters. The van der Waals surface area contributed by atoms with Gasteiger partial charge < -0.3 is 19.2 Å². The van der Waals surface area contributed by atoms with Crippen molar-refractivity contribution in [2.75, 3.05) is 12.4 Å². The summed E-state index contributed by atoms with van der Waals surface area (Å²) in [5.74, 6) is -0.299. The maximum Gasteiger partial charge on any atom is 0.387 e. The Morgan fingerprint density at radius 2 is 1.88 bits per heavy atom. The average Bonchev–Trinajstić information content (AvgIpc) is 3.24. The van der Waals surface area contributed by atoms with E-state index in [4.69, 9.17) is 9.15 Å². The molecule has 0 aliphatic carbocycles. The Kier molecular flexibility index (Phi) is 6.67. The third-order valence-electron chi connectivity index (χ3n) is 4.42. The van der Waals surface area contributed by atoms with Crippen molar-refractivity contribution in [2.24, 2.45) is 0 Å². The van der Waals surface area contributed by atoms with Crippen LogP contribution in [-0.4, -0.2) is 29.5 Å². The van der Waals surface area contributed by atoms with E-state index in [9.17, 15) is 23.7 Å². The Labute approximate surface area is 181 Å². The minimum atomic E-state index is -3.22. The van der Waals surface area contributed by atoms with Gasteiger partial charge in [0.1, 0.15) is 11.3 Å². The van der Waals surface area contributed by atoms with Crippen LogP contribution in [0.15, 0.2) is 47.0 Å². The summed E-state index contributed by atoms with van der Waals surface area (Å²) in [6.45, 7) is 0.731. The summed E-state index contributed by atoms with van der Waals surface area (Å²) in [6, 6.07) is 8.17. The number of alkyl halides is 2. The van der Waals surface area contributed by atoms with Crippen LogP contribution < -0.4 is 14.8 Å². The van der Waals surface area contributed by atoms with Gasteiger partial charge in [0, 0.05) is 23.2 Å². The lowest BCUT2D eigenvalue weighted by molar-refractivity contribution is -0.385. The number of amides is 1. The van der Waals surface area contributed by atoms with Gasteiger partial charge in [-0.25, -0.2) is 4.98 Å². The van der Waals surface area contributed by atoms with Gasteiger partial charge in [-0.3, -0.25) is 14.9 Å². The molecule has 168 valence electrons. The van der Waals surface area contributed by atoms with Crippen molar-refractivity contribution in [3.8, 4) is 23.0 Å². The van der Waals surface area contributed by atoms with E-state index in [1.165, 1.54) is 0 Å². The summed E-state index contributed by atoms with van der Waals surface area (Å²) < 4.78 is 40.0. The number of hydrogen-bond donors (Lipinski definition) is 1. The van der Waals surface area contributed by atoms with Crippen LogP contribution in [0, 0.1) is 10.1 Å². The quantitative estimate of drug-likeness (QED) is 0.371. The Hall–Kier alpha value is -4.02. The summed E-state index contributed by atoms with van der Waals surface area (Å²) in [4.78, 5) is 27.4. The maximum atomic E-state index is 12.7. The number of nitro benzene ring substituents is 1. The molecule has 0 radical (unpaired) electrons. The number of ether oxygens (including phenoxy) is 2. The molecule has 0 spiro atoms. The van der Waals surface area contributed by atoms with Crippen LogP contribution in [0.3, 0.4) is 0 Å². The van der Waals surface area contributed by atoms with Gasteiger partial charge >= 0.3 is 6.61 Å². The number of hydrogen-bond acceptors (Lipinski definition) is 7. The molecule has 1 heterocycles. The topological polar surface area (TPSA) is 117 Å². The summed E-state index contributed by atoms with van der Waals surface area (Å²) in [6.07, 6.45) is 1.64. The highest BCUT2D eigenvalue weighted by Crippen LogP contribution is 2.36. The Morgan fingerprint density at radius 3 is 2.41 bits per heavy atom. The van der Waals surface area contributed by atoms with E-state index in [1.807, 2.05) is 13.8 Å². The van der Waals surface area contributed by atoms with E-state index in [0.717, 1.165) is 25.0 Å². The highest BCUT2D eigenvalue weighted by atomic mass is 19.3. The molecule has 0 unspecified atom stereocenters. The monoisotopic (exact) mass is 447 g/mol. The van der Waals surface area contributed by atoms with Gasteiger partial charge in [0.15, 0.2) is 11.5 Å². The van der Waals surface area contributed by atoms with Crippen molar-refractivity contribution in [3.63, 3.8) is 0 Å². The molecule has 1 amide bonds. The first-order valence-corrected chi connectivity index (χ1v) is 9.38. The number of rotatable bonds is 8. The highest BCUT2D eigenvalue weighted by Gasteiger charge is 2.26. The molecule has 0 saturated carbocycles. The fourth-order valence-corrected chi connectivity index (χ4v) is 2.81. The second-order valence-electron chi connectivity index (χ2n) is 6.91. The molecule has 3 rings (SSSR count). The van der Waals surface area contributed by atoms with Crippen molar-refractivity contribution < 1.29 is 32.4 Å². The zero-order valence-electron chi connectivity index (χ0n) is 17.3. The van der Waals surface area contributed by atoms with Gasteiger partial charge in [-0.2, -0.15) is 8.78 Å². The summed E-state index contributed by atoms with van der Waals surface area (Å²) in [5.41, 5.74) is -0.0741. The first kappa shape index (κ1) is 22.7. The highest BCUT2D eigenvalue weighted by molar-refractivity contribution is 6.07. The third kappa shape index (κ3) is 4.99. The number of benzene rings is 2. The molecule has 0 saturated heterocycles. The van der Waals surface area contributed by atoms with Crippen LogP contribution in [0.5, 0.6) is 11.5 Å². The lowest BCUT2D eigenvalue weighted by Gasteiger charge is -2.12. The smallest absolute Gasteiger partial charge is 0.387 e. The van der Waals surface area contributed by atoms with Gasteiger partial charge in [0.05, 0.1) is 24.3 Å². The Bertz CT molecular complexity index is 1130. The van der Waals surface area contributed by atoms with Crippen LogP contribution in [0.1, 0.15) is 35.9 Å². The maximum absolute atomic E-state index is 12.7. The molecule has 0 aliphatic rings. The van der Waals surface area contributed by atoms with Gasteiger partial charge in [-0.05, 0) is 24.3 Å². The molecular formula is C21H19F2N3O6. The van der Waals surface area contributed by atoms with E-state index in [2.05, 4.69) is 15.0 Å². The number of nitrogens with zero attached hydrogens (tertiary/aromatic N) is 2. The SMILES string of the molecule is COc1cc(C(=O)Nc2ccc(-c3ncc(C(C)C)o3)cc2)c([N+](=O)[O-])cc1OC(F)F. The summed E-state index contributed by atoms with van der Waals surface area (Å²) in [7, 11) is 1.16. The van der Waals surface area contributed by atoms with Crippen molar-refractivity contribution >= 4 is 17.3 Å². The number of methoxy groups -OCH3 is 1. The largest absolute Gasteiger partial charge is 0.493 e. The lowest BCUT2D eigenvalue weighted by atomic mass is 10.1. The number of carbonyl (C=O) groups excluding carboxylic acids is 1. The summed E-state index contributed by atoms with van der Waals surface area (Å²) in [5, 5.41) is 13.9. The second kappa shape index (κ2) is 9.41. The molecule has 2 aromatic carbocycles. The predicted molar refractivity (Wildman–Crippen MR) is 110 cm³/mol. The van der Waals surface area contributed by atoms with Gasteiger partial charge in [0.2, 0.25) is 5.89 Å². The zero-order chi connectivity index (χ0) is 23.4. The number of halogens is 2. The molecule has 0 aliphatic heterocycles. The fraction of sp³-hybridized carbons (Fsp3) is 0.238. The summed E-state index contributed by atoms with van der Waals surface area (Å²) >= 11 is 0. The molecule has 0 fully saturated rings. The predicted octanol–water partition coefficient (Wildman–Crippen LogP) is 5.24. The molecule has 1 aromatic heterocycles. The fourth-order valence-electron chi connectivity index (χ4n) is 2.81. The van der Waals surface area contributed by atoms with Gasteiger partial charge in [-0.1, -0.05) is 13.8 Å². The van der Waals surface area contributed by atoms with E-state index < -0.39 is 28.9 Å². The third-order valence-corrected chi connectivity index (χ3v) is 4.42. The normalized spacial score (nSPS) is 11.0. The van der Waals surface area contributed by atoms with E-state index >= 15 is 0 Å². The van der Waals surface area contributed by atoms with Crippen LogP contribution in [0.4, 0.5) is 20.2 Å². The minimum absolute atomic E-state index is 0.181. The van der Waals surface area contributed by atoms with Crippen molar-refractivity contribution in [3.05, 3.63) is 64.0 Å². The van der Waals surface area contributed by atoms with Crippen molar-refractivity contribution in [1.82, 2.24) is 4.98 Å². The van der Waals surface area contributed by atoms with Gasteiger partial charge in [0.25, 0.3) is 11.6 Å². The number of anilines is 1. The molecule has 3 aromatic rings. The van der Waals surface area contributed by atoms with Crippen LogP contribution in [0.25, 0.3) is 11.5 Å². The van der Waals surface area contributed by atoms with Crippen molar-refractivity contribution in [1.29, 1.82) is 0 Å². The standard InChI is InChI=1S/C21H19F2N3O6/c1-11(2)18-10-24-20(31-18)12-4-6-13(7-5-12)25-19(27)14-8-16(30-3)17(32-21(22)23)9-15(14)26(28)29/h4-11,21H,1-3H3,(H,25,27). The van der Waals surface area contributed by atoms with Crippen LogP contribution >= 0.6 is 0 Å². The number of nitro groups is 1. The average molecular weight is 447 g/mol.